The Morgan fingerprint density at radius 1 is 1.16 bits per heavy atom. The minimum atomic E-state index is -0.723. The third-order valence-corrected chi connectivity index (χ3v) is 5.04. The second-order valence-corrected chi connectivity index (χ2v) is 8.75. The summed E-state index contributed by atoms with van der Waals surface area (Å²) in [4.78, 5) is 32.9. The summed E-state index contributed by atoms with van der Waals surface area (Å²) in [5.41, 5.74) is 11.9. The van der Waals surface area contributed by atoms with E-state index >= 15 is 0 Å². The number of rotatable bonds is 12. The molecule has 1 heterocycles. The van der Waals surface area contributed by atoms with Gasteiger partial charge >= 0.3 is 0 Å². The molecular weight excluding hydrogens is 511 g/mol. The summed E-state index contributed by atoms with van der Waals surface area (Å²) in [6.07, 6.45) is 2.19. The Hall–Kier alpha value is -2.63. The van der Waals surface area contributed by atoms with Crippen molar-refractivity contribution in [2.24, 2.45) is 17.4 Å². The van der Waals surface area contributed by atoms with Crippen LogP contribution in [-0.2, 0) is 4.79 Å². The molecule has 0 saturated heterocycles. The number of nitrogens with two attached hydrogens (primary N) is 2. The number of nitrogens with one attached hydrogen (secondary N) is 2. The van der Waals surface area contributed by atoms with Crippen LogP contribution in [-0.4, -0.2) is 34.4 Å². The van der Waals surface area contributed by atoms with E-state index in [0.717, 1.165) is 16.4 Å². The number of carbonyl (C=O) groups is 2. The number of halogens is 1. The summed E-state index contributed by atoms with van der Waals surface area (Å²) in [6.45, 7) is 6.36. The fourth-order valence-corrected chi connectivity index (χ4v) is 3.14. The van der Waals surface area contributed by atoms with E-state index < -0.39 is 17.9 Å². The summed E-state index contributed by atoms with van der Waals surface area (Å²) >= 11 is 2.20. The monoisotopic (exact) mass is 540 g/mol. The second-order valence-electron chi connectivity index (χ2n) is 7.50. The van der Waals surface area contributed by atoms with Crippen LogP contribution < -0.4 is 26.8 Å². The molecule has 2 rings (SSSR count). The number of hydrogen-bond acceptors (Lipinski definition) is 7. The number of aromatic nitrogens is 2. The van der Waals surface area contributed by atoms with Crippen molar-refractivity contribution in [3.05, 3.63) is 33.4 Å². The molecule has 31 heavy (non-hydrogen) atoms. The highest BCUT2D eigenvalue weighted by molar-refractivity contribution is 14.1. The Labute approximate surface area is 195 Å². The van der Waals surface area contributed by atoms with E-state index in [1.54, 1.807) is 0 Å². The molecule has 0 unspecified atom stereocenters. The fourth-order valence-electron chi connectivity index (χ4n) is 2.78. The summed E-state index contributed by atoms with van der Waals surface area (Å²) in [6, 6.07) is 6.86. The van der Waals surface area contributed by atoms with Crippen molar-refractivity contribution in [2.75, 3.05) is 17.2 Å². The third-order valence-electron chi connectivity index (χ3n) is 4.32. The molecule has 9 nitrogen and oxygen atoms in total. The average molecular weight is 540 g/mol. The number of unbranched alkanes of at least 4 members (excludes halogenated alkanes) is 1. The van der Waals surface area contributed by atoms with Crippen molar-refractivity contribution < 1.29 is 14.3 Å². The second kappa shape index (κ2) is 11.7. The highest BCUT2D eigenvalue weighted by Crippen LogP contribution is 2.28. The van der Waals surface area contributed by atoms with Gasteiger partial charge in [-0.25, -0.2) is 0 Å². The quantitative estimate of drug-likeness (QED) is 0.239. The lowest BCUT2D eigenvalue weighted by Crippen LogP contribution is -2.37. The summed E-state index contributed by atoms with van der Waals surface area (Å²) in [5, 5.41) is 6.08. The van der Waals surface area contributed by atoms with Crippen LogP contribution in [0.15, 0.2) is 24.3 Å². The molecule has 168 valence electrons. The van der Waals surface area contributed by atoms with E-state index in [-0.39, 0.29) is 29.1 Å². The molecular formula is C21H29IN6O3. The molecule has 0 aliphatic rings. The molecule has 2 amide bonds. The average Bonchev–Trinajstić information content (AvgIpc) is 2.68. The first-order valence-electron chi connectivity index (χ1n) is 10.1. The molecule has 1 atom stereocenters. The van der Waals surface area contributed by atoms with Crippen LogP contribution in [0.3, 0.4) is 0 Å². The van der Waals surface area contributed by atoms with Gasteiger partial charge in [0.1, 0.15) is 11.6 Å². The predicted molar refractivity (Wildman–Crippen MR) is 129 cm³/mol. The van der Waals surface area contributed by atoms with Gasteiger partial charge < -0.3 is 26.8 Å². The molecule has 0 bridgehead atoms. The zero-order valence-electron chi connectivity index (χ0n) is 17.9. The van der Waals surface area contributed by atoms with Gasteiger partial charge in [0.15, 0.2) is 5.82 Å². The first-order chi connectivity index (χ1) is 14.7. The van der Waals surface area contributed by atoms with E-state index in [2.05, 4.69) is 43.2 Å². The highest BCUT2D eigenvalue weighted by Gasteiger charge is 2.24. The van der Waals surface area contributed by atoms with Crippen LogP contribution in [0.1, 0.15) is 50.4 Å². The zero-order valence-corrected chi connectivity index (χ0v) is 20.1. The largest absolute Gasteiger partial charge is 0.477 e. The minimum Gasteiger partial charge on any atom is -0.477 e. The topological polar surface area (TPSA) is 145 Å². The van der Waals surface area contributed by atoms with Crippen LogP contribution in [0.25, 0.3) is 0 Å². The number of benzene rings is 1. The van der Waals surface area contributed by atoms with E-state index in [1.807, 2.05) is 45.0 Å². The van der Waals surface area contributed by atoms with Crippen molar-refractivity contribution in [1.82, 2.24) is 9.97 Å². The van der Waals surface area contributed by atoms with E-state index in [1.165, 1.54) is 0 Å². The number of anilines is 3. The summed E-state index contributed by atoms with van der Waals surface area (Å²) in [5.74, 6) is -0.658. The van der Waals surface area contributed by atoms with Crippen LogP contribution >= 0.6 is 22.6 Å². The molecule has 0 fully saturated rings. The lowest BCUT2D eigenvalue weighted by atomic mass is 10.0. The normalized spacial score (nSPS) is 11.8. The van der Waals surface area contributed by atoms with Crippen LogP contribution in [0.4, 0.5) is 17.5 Å². The molecule has 0 saturated carbocycles. The maximum Gasteiger partial charge on any atom is 0.258 e. The number of amides is 2. The SMILES string of the molecule is CCCCOc1nc(N[C@H](CC(C)C)C(N)=O)nc(Nc2ccc(I)cc2)c1C(N)=O. The molecule has 10 heteroatoms. The predicted octanol–water partition coefficient (Wildman–Crippen LogP) is 3.41. The smallest absolute Gasteiger partial charge is 0.258 e. The van der Waals surface area contributed by atoms with Gasteiger partial charge in [-0.05, 0) is 65.6 Å². The fraction of sp³-hybridized carbons (Fsp3) is 0.429. The zero-order chi connectivity index (χ0) is 23.0. The van der Waals surface area contributed by atoms with Gasteiger partial charge in [0, 0.05) is 9.26 Å². The lowest BCUT2D eigenvalue weighted by Gasteiger charge is -2.20. The van der Waals surface area contributed by atoms with Crippen molar-refractivity contribution in [3.8, 4) is 5.88 Å². The van der Waals surface area contributed by atoms with Crippen LogP contribution in [0, 0.1) is 9.49 Å². The maximum atomic E-state index is 12.2. The first kappa shape index (κ1) is 24.6. The minimum absolute atomic E-state index is 0.0414. The van der Waals surface area contributed by atoms with Crippen molar-refractivity contribution in [3.63, 3.8) is 0 Å². The van der Waals surface area contributed by atoms with Crippen LogP contribution in [0.5, 0.6) is 5.88 Å². The maximum absolute atomic E-state index is 12.2. The van der Waals surface area contributed by atoms with Crippen molar-refractivity contribution in [1.29, 1.82) is 0 Å². The third kappa shape index (κ3) is 7.53. The Bertz CT molecular complexity index is 905. The molecule has 1 aromatic carbocycles. The first-order valence-corrected chi connectivity index (χ1v) is 11.2. The van der Waals surface area contributed by atoms with Gasteiger partial charge in [-0.3, -0.25) is 9.59 Å². The van der Waals surface area contributed by atoms with Gasteiger partial charge in [0.2, 0.25) is 17.7 Å². The Kier molecular flexibility index (Phi) is 9.28. The number of primary amides is 2. The molecule has 0 aliphatic heterocycles. The van der Waals surface area contributed by atoms with E-state index in [9.17, 15) is 9.59 Å². The van der Waals surface area contributed by atoms with Crippen molar-refractivity contribution >= 4 is 51.9 Å². The standard InChI is InChI=1S/C21H29IN6O3/c1-4-5-10-31-20-16(18(24)30)19(25-14-8-6-13(22)7-9-14)27-21(28-20)26-15(17(23)29)11-12(2)3/h6-9,12,15H,4-5,10-11H2,1-3H3,(H2,23,29)(H2,24,30)(H2,25,26,27,28)/t15-/m1/s1. The lowest BCUT2D eigenvalue weighted by molar-refractivity contribution is -0.119. The summed E-state index contributed by atoms with van der Waals surface area (Å²) in [7, 11) is 0. The van der Waals surface area contributed by atoms with Crippen LogP contribution in [0.2, 0.25) is 0 Å². The van der Waals surface area contributed by atoms with Gasteiger partial charge in [-0.1, -0.05) is 27.2 Å². The van der Waals surface area contributed by atoms with Gasteiger partial charge in [-0.15, -0.1) is 0 Å². The molecule has 1 aromatic heterocycles. The number of carbonyl (C=O) groups excluding carboxylic acids is 2. The number of hydrogen-bond donors (Lipinski definition) is 4. The molecule has 6 N–H and O–H groups in total. The Morgan fingerprint density at radius 3 is 2.39 bits per heavy atom. The van der Waals surface area contributed by atoms with Gasteiger partial charge in [0.25, 0.3) is 5.91 Å². The Balaban J connectivity index is 2.48. The van der Waals surface area contributed by atoms with E-state index in [0.29, 0.717) is 18.7 Å². The Morgan fingerprint density at radius 2 is 1.84 bits per heavy atom. The van der Waals surface area contributed by atoms with Gasteiger partial charge in [0.05, 0.1) is 6.61 Å². The van der Waals surface area contributed by atoms with E-state index in [4.69, 9.17) is 16.2 Å². The number of nitrogens with zero attached hydrogens (tertiary/aromatic N) is 2. The molecule has 2 aromatic rings. The molecule has 0 aliphatic carbocycles. The summed E-state index contributed by atoms with van der Waals surface area (Å²) < 4.78 is 6.81. The molecule has 0 spiro atoms. The van der Waals surface area contributed by atoms with Gasteiger partial charge in [-0.2, -0.15) is 9.97 Å². The number of ether oxygens (including phenoxy) is 1. The molecule has 0 radical (unpaired) electrons. The highest BCUT2D eigenvalue weighted by atomic mass is 127. The van der Waals surface area contributed by atoms with Crippen molar-refractivity contribution in [2.45, 2.75) is 46.1 Å².